The van der Waals surface area contributed by atoms with Gasteiger partial charge in [0.25, 0.3) is 0 Å². The van der Waals surface area contributed by atoms with Gasteiger partial charge in [0.05, 0.1) is 0 Å². The number of nitrogens with zero attached hydrogens (tertiary/aromatic N) is 1. The van der Waals surface area contributed by atoms with Crippen LogP contribution < -0.4 is 4.57 Å². The summed E-state index contributed by atoms with van der Waals surface area (Å²) in [4.78, 5) is 0. The van der Waals surface area contributed by atoms with Gasteiger partial charge in [-0.25, -0.2) is 0 Å². The van der Waals surface area contributed by atoms with Crippen molar-refractivity contribution < 1.29 is 4.57 Å². The van der Waals surface area contributed by atoms with Gasteiger partial charge in [0.2, 0.25) is 11.0 Å². The lowest BCUT2D eigenvalue weighted by Gasteiger charge is -1.97. The van der Waals surface area contributed by atoms with Gasteiger partial charge >= 0.3 is 0 Å². The average molecular weight is 240 g/mol. The molecule has 0 fully saturated rings. The van der Waals surface area contributed by atoms with Crippen LogP contribution in [0.25, 0.3) is 10.2 Å². The smallest absolute Gasteiger partial charge is 0.184 e. The molecule has 0 aliphatic heterocycles. The Bertz CT molecular complexity index is 640. The number of aryl methyl sites for hydroxylation is 1. The molecule has 0 amide bonds. The first-order valence-corrected chi connectivity index (χ1v) is 6.63. The van der Waals surface area contributed by atoms with Crippen LogP contribution >= 0.6 is 11.3 Å². The molecule has 3 aromatic rings. The normalized spacial score (nSPS) is 10.9. The Balaban J connectivity index is 2.07. The fourth-order valence-electron chi connectivity index (χ4n) is 2.16. The summed E-state index contributed by atoms with van der Waals surface area (Å²) in [6.07, 6.45) is 0. The minimum Gasteiger partial charge on any atom is -0.184 e. The highest BCUT2D eigenvalue weighted by atomic mass is 32.1. The number of hydrogen-bond acceptors (Lipinski definition) is 1. The first-order chi connectivity index (χ1) is 8.34. The third-order valence-electron chi connectivity index (χ3n) is 2.99. The standard InChI is InChI=1S/C15H14NS/c1-12-6-5-9-14-15(12)16(11-17-14)10-13-7-3-2-4-8-13/h2-9,11H,10H2,1H3/q+1. The third kappa shape index (κ3) is 1.96. The lowest BCUT2D eigenvalue weighted by atomic mass is 10.2. The lowest BCUT2D eigenvalue weighted by Crippen LogP contribution is -2.32. The van der Waals surface area contributed by atoms with Crippen LogP contribution in [0, 0.1) is 6.92 Å². The summed E-state index contributed by atoms with van der Waals surface area (Å²) in [7, 11) is 0. The summed E-state index contributed by atoms with van der Waals surface area (Å²) in [6.45, 7) is 3.13. The molecule has 0 bridgehead atoms. The first kappa shape index (κ1) is 10.5. The van der Waals surface area contributed by atoms with E-state index in [1.54, 1.807) is 0 Å². The average Bonchev–Trinajstić information content (AvgIpc) is 2.75. The first-order valence-electron chi connectivity index (χ1n) is 5.75. The molecule has 0 aliphatic rings. The molecule has 84 valence electrons. The molecule has 0 N–H and O–H groups in total. The van der Waals surface area contributed by atoms with E-state index >= 15 is 0 Å². The second-order valence-electron chi connectivity index (χ2n) is 4.26. The number of thiazole rings is 1. The third-order valence-corrected chi connectivity index (χ3v) is 3.93. The fourth-order valence-corrected chi connectivity index (χ4v) is 3.13. The van der Waals surface area contributed by atoms with Crippen molar-refractivity contribution in [2.75, 3.05) is 0 Å². The number of rotatable bonds is 2. The van der Waals surface area contributed by atoms with E-state index in [4.69, 9.17) is 0 Å². The second-order valence-corrected chi connectivity index (χ2v) is 5.14. The SMILES string of the molecule is Cc1cccc2sc[n+](Cc3ccccc3)c12. The summed E-state index contributed by atoms with van der Waals surface area (Å²) in [5, 5.41) is 0. The molecular weight excluding hydrogens is 226 g/mol. The maximum atomic E-state index is 2.34. The van der Waals surface area contributed by atoms with Gasteiger partial charge in [-0.05, 0) is 13.0 Å². The van der Waals surface area contributed by atoms with Crippen molar-refractivity contribution in [3.63, 3.8) is 0 Å². The summed E-state index contributed by atoms with van der Waals surface area (Å²) in [5.41, 5.74) is 6.27. The summed E-state index contributed by atoms with van der Waals surface area (Å²) >= 11 is 1.81. The number of para-hydroxylation sites is 1. The minimum atomic E-state index is 0.950. The monoisotopic (exact) mass is 240 g/mol. The van der Waals surface area contributed by atoms with Gasteiger partial charge in [-0.15, -0.1) is 0 Å². The summed E-state index contributed by atoms with van der Waals surface area (Å²) in [6, 6.07) is 17.1. The van der Waals surface area contributed by atoms with Crippen LogP contribution in [0.1, 0.15) is 11.1 Å². The molecule has 0 saturated heterocycles. The number of aromatic nitrogens is 1. The van der Waals surface area contributed by atoms with Crippen molar-refractivity contribution in [1.82, 2.24) is 0 Å². The van der Waals surface area contributed by atoms with Crippen LogP contribution in [0.4, 0.5) is 0 Å². The zero-order valence-electron chi connectivity index (χ0n) is 9.76. The highest BCUT2D eigenvalue weighted by Gasteiger charge is 2.13. The molecule has 1 aromatic heterocycles. The van der Waals surface area contributed by atoms with Crippen LogP contribution in [-0.2, 0) is 6.54 Å². The Morgan fingerprint density at radius 3 is 2.65 bits per heavy atom. The minimum absolute atomic E-state index is 0.950. The molecule has 0 radical (unpaired) electrons. The molecule has 2 aromatic carbocycles. The van der Waals surface area contributed by atoms with Crippen molar-refractivity contribution in [1.29, 1.82) is 0 Å². The van der Waals surface area contributed by atoms with Gasteiger partial charge in [-0.2, -0.15) is 4.57 Å². The van der Waals surface area contributed by atoms with Crippen LogP contribution in [0.15, 0.2) is 54.0 Å². The molecule has 3 rings (SSSR count). The van der Waals surface area contributed by atoms with Crippen molar-refractivity contribution >= 4 is 21.6 Å². The Labute approximate surface area is 105 Å². The molecule has 0 unspecified atom stereocenters. The van der Waals surface area contributed by atoms with Crippen molar-refractivity contribution in [3.8, 4) is 0 Å². The Kier molecular flexibility index (Phi) is 2.65. The maximum Gasteiger partial charge on any atom is 0.226 e. The molecule has 0 spiro atoms. The topological polar surface area (TPSA) is 3.88 Å². The van der Waals surface area contributed by atoms with Crippen LogP contribution in [0.5, 0.6) is 0 Å². The molecular formula is C15H14NS+. The van der Waals surface area contributed by atoms with Crippen LogP contribution in [0.2, 0.25) is 0 Å². The molecule has 17 heavy (non-hydrogen) atoms. The zero-order chi connectivity index (χ0) is 11.7. The second kappa shape index (κ2) is 4.30. The molecule has 2 heteroatoms. The molecule has 0 aliphatic carbocycles. The quantitative estimate of drug-likeness (QED) is 0.603. The Morgan fingerprint density at radius 1 is 1.00 bits per heavy atom. The van der Waals surface area contributed by atoms with Crippen molar-refractivity contribution in [2.24, 2.45) is 0 Å². The predicted molar refractivity (Wildman–Crippen MR) is 72.3 cm³/mol. The molecule has 1 nitrogen and oxygen atoms in total. The van der Waals surface area contributed by atoms with E-state index in [-0.39, 0.29) is 0 Å². The zero-order valence-corrected chi connectivity index (χ0v) is 10.6. The number of fused-ring (bicyclic) bond motifs is 1. The molecule has 1 heterocycles. The number of benzene rings is 2. The van der Waals surface area contributed by atoms with Gasteiger partial charge in [-0.3, -0.25) is 0 Å². The Hall–Kier alpha value is -1.67. The van der Waals surface area contributed by atoms with Gasteiger partial charge in [-0.1, -0.05) is 53.8 Å². The van der Waals surface area contributed by atoms with E-state index < -0.39 is 0 Å². The largest absolute Gasteiger partial charge is 0.226 e. The van der Waals surface area contributed by atoms with Gasteiger partial charge in [0.15, 0.2) is 6.54 Å². The van der Waals surface area contributed by atoms with Gasteiger partial charge in [0.1, 0.15) is 4.70 Å². The van der Waals surface area contributed by atoms with E-state index in [9.17, 15) is 0 Å². The van der Waals surface area contributed by atoms with Gasteiger partial charge in [0, 0.05) is 11.1 Å². The lowest BCUT2D eigenvalue weighted by molar-refractivity contribution is -0.658. The van der Waals surface area contributed by atoms with E-state index in [1.165, 1.54) is 21.3 Å². The van der Waals surface area contributed by atoms with E-state index in [0.29, 0.717) is 0 Å². The van der Waals surface area contributed by atoms with Crippen molar-refractivity contribution in [2.45, 2.75) is 13.5 Å². The van der Waals surface area contributed by atoms with E-state index in [2.05, 4.69) is 65.5 Å². The van der Waals surface area contributed by atoms with E-state index in [0.717, 1.165) is 6.54 Å². The number of hydrogen-bond donors (Lipinski definition) is 0. The fraction of sp³-hybridized carbons (Fsp3) is 0.133. The highest BCUT2D eigenvalue weighted by Crippen LogP contribution is 2.19. The van der Waals surface area contributed by atoms with Crippen LogP contribution in [-0.4, -0.2) is 0 Å². The Morgan fingerprint density at radius 2 is 1.82 bits per heavy atom. The van der Waals surface area contributed by atoms with Crippen LogP contribution in [0.3, 0.4) is 0 Å². The highest BCUT2D eigenvalue weighted by molar-refractivity contribution is 7.16. The van der Waals surface area contributed by atoms with Crippen molar-refractivity contribution in [3.05, 3.63) is 65.2 Å². The maximum absolute atomic E-state index is 2.34. The molecule has 0 atom stereocenters. The summed E-state index contributed by atoms with van der Waals surface area (Å²) < 4.78 is 3.70. The van der Waals surface area contributed by atoms with E-state index in [1.807, 2.05) is 11.3 Å². The van der Waals surface area contributed by atoms with Gasteiger partial charge < -0.3 is 0 Å². The predicted octanol–water partition coefficient (Wildman–Crippen LogP) is 3.55. The molecule has 0 saturated carbocycles. The summed E-state index contributed by atoms with van der Waals surface area (Å²) in [5.74, 6) is 0.